The van der Waals surface area contributed by atoms with Crippen LogP contribution in [0.2, 0.25) is 0 Å². The van der Waals surface area contributed by atoms with E-state index in [2.05, 4.69) is 15.6 Å². The van der Waals surface area contributed by atoms with Crippen LogP contribution in [0.4, 0.5) is 0 Å². The summed E-state index contributed by atoms with van der Waals surface area (Å²) in [6.45, 7) is 8.79. The summed E-state index contributed by atoms with van der Waals surface area (Å²) >= 11 is 1.48. The molecule has 1 aliphatic rings. The van der Waals surface area contributed by atoms with Crippen LogP contribution in [0.25, 0.3) is 10.4 Å². The van der Waals surface area contributed by atoms with E-state index in [9.17, 15) is 24.6 Å². The molecule has 10 heteroatoms. The first-order valence-corrected chi connectivity index (χ1v) is 12.0. The topological polar surface area (TPSA) is 132 Å². The minimum Gasteiger partial charge on any atom is -0.508 e. The van der Waals surface area contributed by atoms with Gasteiger partial charge in [0.1, 0.15) is 17.8 Å². The Bertz CT molecular complexity index is 1080. The second kappa shape index (κ2) is 10.1. The Hall–Kier alpha value is -2.98. The lowest BCUT2D eigenvalue weighted by molar-refractivity contribution is -0.143. The summed E-state index contributed by atoms with van der Waals surface area (Å²) < 4.78 is 0. The zero-order chi connectivity index (χ0) is 25.2. The predicted molar refractivity (Wildman–Crippen MR) is 129 cm³/mol. The largest absolute Gasteiger partial charge is 0.508 e. The molecule has 1 fully saturated rings. The highest BCUT2D eigenvalue weighted by molar-refractivity contribution is 7.13. The van der Waals surface area contributed by atoms with Gasteiger partial charge < -0.3 is 25.7 Å². The van der Waals surface area contributed by atoms with E-state index in [-0.39, 0.29) is 31.2 Å². The number of phenolic OH excluding ortho intramolecular Hbond substituents is 1. The van der Waals surface area contributed by atoms with Gasteiger partial charge in [0.15, 0.2) is 0 Å². The Morgan fingerprint density at radius 3 is 2.56 bits per heavy atom. The highest BCUT2D eigenvalue weighted by atomic mass is 32.1. The van der Waals surface area contributed by atoms with Crippen LogP contribution < -0.4 is 10.6 Å². The number of hydrogen-bond donors (Lipinski definition) is 4. The number of carbonyl (C=O) groups excluding carboxylic acids is 3. The van der Waals surface area contributed by atoms with Gasteiger partial charge in [0, 0.05) is 32.0 Å². The summed E-state index contributed by atoms with van der Waals surface area (Å²) in [6.07, 6.45) is -0.739. The lowest BCUT2D eigenvalue weighted by Gasteiger charge is -2.35. The molecule has 0 spiro atoms. The van der Waals surface area contributed by atoms with Crippen molar-refractivity contribution in [2.24, 2.45) is 5.41 Å². The number of aromatic hydroxyl groups is 1. The van der Waals surface area contributed by atoms with Crippen molar-refractivity contribution in [2.75, 3.05) is 6.54 Å². The number of thiazole rings is 1. The first kappa shape index (κ1) is 25.6. The van der Waals surface area contributed by atoms with Crippen molar-refractivity contribution in [3.05, 3.63) is 35.0 Å². The first-order chi connectivity index (χ1) is 15.9. The molecule has 1 saturated heterocycles. The molecule has 1 aliphatic heterocycles. The molecular weight excluding hydrogens is 456 g/mol. The van der Waals surface area contributed by atoms with Crippen LogP contribution in [-0.4, -0.2) is 62.6 Å². The molecule has 0 bridgehead atoms. The number of phenols is 1. The maximum Gasteiger partial charge on any atom is 0.246 e. The van der Waals surface area contributed by atoms with Crippen LogP contribution in [0.15, 0.2) is 23.7 Å². The number of nitrogens with one attached hydrogen (secondary N) is 2. The number of aryl methyl sites for hydroxylation is 1. The molecule has 0 aliphatic carbocycles. The number of aliphatic hydroxyl groups excluding tert-OH is 1. The maximum absolute atomic E-state index is 13.3. The number of hydrogen-bond acceptors (Lipinski definition) is 7. The van der Waals surface area contributed by atoms with Crippen molar-refractivity contribution in [3.8, 4) is 16.2 Å². The lowest BCUT2D eigenvalue weighted by Crippen LogP contribution is -2.57. The fourth-order valence-corrected chi connectivity index (χ4v) is 4.86. The zero-order valence-electron chi connectivity index (χ0n) is 20.1. The van der Waals surface area contributed by atoms with Crippen LogP contribution >= 0.6 is 11.3 Å². The molecule has 2 heterocycles. The van der Waals surface area contributed by atoms with Crippen molar-refractivity contribution in [2.45, 2.75) is 65.8 Å². The van der Waals surface area contributed by atoms with Gasteiger partial charge in [-0.15, -0.1) is 11.3 Å². The average Bonchev–Trinajstić information content (AvgIpc) is 3.35. The number of carbonyl (C=O) groups is 3. The predicted octanol–water partition coefficient (Wildman–Crippen LogP) is 1.95. The molecule has 9 nitrogen and oxygen atoms in total. The van der Waals surface area contributed by atoms with Gasteiger partial charge in [-0.1, -0.05) is 32.9 Å². The van der Waals surface area contributed by atoms with Gasteiger partial charge in [0.25, 0.3) is 0 Å². The van der Waals surface area contributed by atoms with Crippen molar-refractivity contribution >= 4 is 29.1 Å². The van der Waals surface area contributed by atoms with Gasteiger partial charge in [-0.3, -0.25) is 14.4 Å². The van der Waals surface area contributed by atoms with Crippen molar-refractivity contribution in [1.82, 2.24) is 20.5 Å². The summed E-state index contributed by atoms with van der Waals surface area (Å²) in [4.78, 5) is 44.5. The van der Waals surface area contributed by atoms with Gasteiger partial charge >= 0.3 is 0 Å². The number of amides is 3. The van der Waals surface area contributed by atoms with E-state index in [1.807, 2.05) is 33.8 Å². The lowest BCUT2D eigenvalue weighted by atomic mass is 9.85. The van der Waals surface area contributed by atoms with Crippen molar-refractivity contribution < 1.29 is 24.6 Å². The molecule has 184 valence electrons. The maximum atomic E-state index is 13.3. The van der Waals surface area contributed by atoms with E-state index < -0.39 is 35.4 Å². The second-order valence-electron chi connectivity index (χ2n) is 9.72. The monoisotopic (exact) mass is 488 g/mol. The summed E-state index contributed by atoms with van der Waals surface area (Å²) in [6, 6.07) is 3.53. The van der Waals surface area contributed by atoms with Gasteiger partial charge in [-0.2, -0.15) is 0 Å². The highest BCUT2D eigenvalue weighted by Gasteiger charge is 2.44. The van der Waals surface area contributed by atoms with Gasteiger partial charge in [-0.05, 0) is 24.0 Å². The zero-order valence-corrected chi connectivity index (χ0v) is 20.9. The minimum atomic E-state index is -0.873. The van der Waals surface area contributed by atoms with E-state index in [0.717, 1.165) is 16.1 Å². The molecule has 3 rings (SSSR count). The van der Waals surface area contributed by atoms with Crippen LogP contribution in [-0.2, 0) is 20.9 Å². The Kier molecular flexibility index (Phi) is 7.62. The van der Waals surface area contributed by atoms with Crippen molar-refractivity contribution in [1.29, 1.82) is 0 Å². The molecule has 2 aromatic rings. The molecule has 1 aromatic carbocycles. The average molecular weight is 489 g/mol. The number of aromatic nitrogens is 1. The Labute approximate surface area is 203 Å². The quantitative estimate of drug-likeness (QED) is 0.491. The third-order valence-electron chi connectivity index (χ3n) is 5.87. The molecule has 0 radical (unpaired) electrons. The highest BCUT2D eigenvalue weighted by Crippen LogP contribution is 2.31. The molecule has 0 saturated carbocycles. The summed E-state index contributed by atoms with van der Waals surface area (Å²) in [5.74, 6) is -1.14. The van der Waals surface area contributed by atoms with E-state index >= 15 is 0 Å². The molecular formula is C24H32N4O5S. The molecule has 34 heavy (non-hydrogen) atoms. The smallest absolute Gasteiger partial charge is 0.246 e. The fourth-order valence-electron chi connectivity index (χ4n) is 4.06. The van der Waals surface area contributed by atoms with Gasteiger partial charge in [0.2, 0.25) is 17.7 Å². The van der Waals surface area contributed by atoms with Crippen molar-refractivity contribution in [3.63, 3.8) is 0 Å². The number of benzene rings is 1. The van der Waals surface area contributed by atoms with E-state index in [0.29, 0.717) is 5.56 Å². The standard InChI is InChI=1S/C24H32N4O5S/c1-13-20(34-12-26-13)15-6-7-16(19(31)8-15)10-25-22(32)18-9-17(30)11-28(18)23(33)21(24(3,4)5)27-14(2)29/h6-8,12,17-18,21,30-31H,9-11H2,1-5H3,(H,25,32)(H,27,29)/t17-,18+,21?/m1/s1. The number of aliphatic hydroxyl groups is 1. The van der Waals surface area contributed by atoms with Gasteiger partial charge in [-0.25, -0.2) is 4.98 Å². The summed E-state index contributed by atoms with van der Waals surface area (Å²) in [5, 5.41) is 26.1. The van der Waals surface area contributed by atoms with Crippen LogP contribution in [0, 0.1) is 12.3 Å². The first-order valence-electron chi connectivity index (χ1n) is 11.1. The number of rotatable bonds is 6. The van der Waals surface area contributed by atoms with Crippen LogP contribution in [0.5, 0.6) is 5.75 Å². The molecule has 3 amide bonds. The molecule has 4 N–H and O–H groups in total. The van der Waals surface area contributed by atoms with E-state index in [4.69, 9.17) is 0 Å². The SMILES string of the molecule is CC(=O)NC(C(=O)N1C[C@H](O)C[C@H]1C(=O)NCc1ccc(-c2scnc2C)cc1O)C(C)(C)C. The minimum absolute atomic E-state index is 0.0111. The number of likely N-dealkylation sites (tertiary alicyclic amines) is 1. The summed E-state index contributed by atoms with van der Waals surface area (Å²) in [7, 11) is 0. The number of nitrogens with zero attached hydrogens (tertiary/aromatic N) is 2. The third kappa shape index (κ3) is 5.74. The van der Waals surface area contributed by atoms with Crippen LogP contribution in [0.3, 0.4) is 0 Å². The molecule has 1 aromatic heterocycles. The van der Waals surface area contributed by atoms with E-state index in [1.54, 1.807) is 17.6 Å². The third-order valence-corrected chi connectivity index (χ3v) is 6.85. The Balaban J connectivity index is 1.71. The summed E-state index contributed by atoms with van der Waals surface area (Å²) in [5.41, 5.74) is 3.41. The van der Waals surface area contributed by atoms with Crippen LogP contribution in [0.1, 0.15) is 45.4 Å². The normalized spacial score (nSPS) is 19.1. The Morgan fingerprint density at radius 1 is 1.29 bits per heavy atom. The van der Waals surface area contributed by atoms with Gasteiger partial charge in [0.05, 0.1) is 22.2 Å². The second-order valence-corrected chi connectivity index (χ2v) is 10.6. The number of β-amino-alcohol motifs (C(OH)–C–C–N with tert-alkyl or cyclic N) is 1. The Morgan fingerprint density at radius 2 is 2.00 bits per heavy atom. The van der Waals surface area contributed by atoms with E-state index in [1.165, 1.54) is 23.2 Å². The molecule has 3 atom stereocenters. The molecule has 1 unspecified atom stereocenters. The fraction of sp³-hybridized carbons (Fsp3) is 0.500.